The molecular weight excluding hydrogens is 336 g/mol. The molecule has 1 aromatic carbocycles. The van der Waals surface area contributed by atoms with Crippen molar-refractivity contribution in [1.82, 2.24) is 0 Å². The Morgan fingerprint density at radius 1 is 1.11 bits per heavy atom. The van der Waals surface area contributed by atoms with Gasteiger partial charge in [-0.15, -0.1) is 11.3 Å². The summed E-state index contributed by atoms with van der Waals surface area (Å²) < 4.78 is 11.3. The Bertz CT molecular complexity index is 542. The Labute approximate surface area is 124 Å². The van der Waals surface area contributed by atoms with Crippen molar-refractivity contribution in [2.75, 3.05) is 14.2 Å². The summed E-state index contributed by atoms with van der Waals surface area (Å²) in [5.41, 5.74) is 1.10. The van der Waals surface area contributed by atoms with E-state index < -0.39 is 0 Å². The lowest BCUT2D eigenvalue weighted by molar-refractivity contribution is 0.354. The lowest BCUT2D eigenvalue weighted by Gasteiger charge is -2.12. The number of rotatable bonds is 4. The van der Waals surface area contributed by atoms with E-state index in [1.807, 2.05) is 30.3 Å². The van der Waals surface area contributed by atoms with Crippen LogP contribution in [0.25, 0.3) is 0 Å². The number of halogens is 2. The summed E-state index contributed by atoms with van der Waals surface area (Å²) in [5, 5.41) is 0. The fourth-order valence-electron chi connectivity index (χ4n) is 1.64. The predicted octanol–water partition coefficient (Wildman–Crippen LogP) is 4.90. The molecule has 2 aromatic rings. The number of thiophene rings is 1. The van der Waals surface area contributed by atoms with E-state index in [0.29, 0.717) is 0 Å². The van der Waals surface area contributed by atoms with Crippen LogP contribution in [0.1, 0.15) is 15.3 Å². The molecule has 0 N–H and O–H groups in total. The van der Waals surface area contributed by atoms with Crippen LogP contribution in [0.2, 0.25) is 4.34 Å². The topological polar surface area (TPSA) is 18.5 Å². The van der Waals surface area contributed by atoms with Crippen LogP contribution in [0.3, 0.4) is 0 Å². The lowest BCUT2D eigenvalue weighted by atomic mass is 10.1. The maximum Gasteiger partial charge on any atom is 0.161 e. The average Bonchev–Trinajstić information content (AvgIpc) is 2.83. The van der Waals surface area contributed by atoms with Gasteiger partial charge in [-0.3, -0.25) is 0 Å². The molecule has 5 heteroatoms. The summed E-state index contributed by atoms with van der Waals surface area (Å²) >= 11 is 11.2. The van der Waals surface area contributed by atoms with E-state index in [-0.39, 0.29) is 4.83 Å². The van der Waals surface area contributed by atoms with Crippen molar-refractivity contribution >= 4 is 38.9 Å². The van der Waals surface area contributed by atoms with E-state index in [1.165, 1.54) is 0 Å². The molecule has 2 nitrogen and oxygen atoms in total. The van der Waals surface area contributed by atoms with Crippen molar-refractivity contribution in [2.45, 2.75) is 4.83 Å². The van der Waals surface area contributed by atoms with Crippen LogP contribution in [-0.2, 0) is 0 Å². The normalized spacial score (nSPS) is 12.2. The Morgan fingerprint density at radius 2 is 1.83 bits per heavy atom. The number of hydrogen-bond donors (Lipinski definition) is 0. The predicted molar refractivity (Wildman–Crippen MR) is 79.6 cm³/mol. The van der Waals surface area contributed by atoms with E-state index in [2.05, 4.69) is 15.9 Å². The van der Waals surface area contributed by atoms with Crippen LogP contribution in [-0.4, -0.2) is 14.2 Å². The highest BCUT2D eigenvalue weighted by Gasteiger charge is 2.15. The van der Waals surface area contributed by atoms with Gasteiger partial charge in [-0.05, 0) is 29.8 Å². The summed E-state index contributed by atoms with van der Waals surface area (Å²) in [5.74, 6) is 1.45. The zero-order valence-electron chi connectivity index (χ0n) is 9.94. The maximum absolute atomic E-state index is 5.95. The molecule has 0 aliphatic heterocycles. The molecule has 2 rings (SSSR count). The zero-order valence-corrected chi connectivity index (χ0v) is 13.1. The number of benzene rings is 1. The third kappa shape index (κ3) is 2.82. The largest absolute Gasteiger partial charge is 0.493 e. The van der Waals surface area contributed by atoms with Crippen LogP contribution in [0, 0.1) is 0 Å². The first kappa shape index (κ1) is 13.7. The van der Waals surface area contributed by atoms with Gasteiger partial charge in [0.15, 0.2) is 11.5 Å². The smallest absolute Gasteiger partial charge is 0.161 e. The number of alkyl halides is 1. The molecule has 0 spiro atoms. The van der Waals surface area contributed by atoms with Crippen LogP contribution in [0.5, 0.6) is 11.5 Å². The lowest BCUT2D eigenvalue weighted by Crippen LogP contribution is -1.94. The second-order valence-corrected chi connectivity index (χ2v) is 6.28. The Kier molecular flexibility index (Phi) is 4.54. The van der Waals surface area contributed by atoms with E-state index in [9.17, 15) is 0 Å². The summed E-state index contributed by atoms with van der Waals surface area (Å²) in [4.78, 5) is 1.27. The fourth-order valence-corrected chi connectivity index (χ4v) is 3.42. The van der Waals surface area contributed by atoms with Gasteiger partial charge in [0.25, 0.3) is 0 Å². The van der Waals surface area contributed by atoms with Crippen LogP contribution in [0.15, 0.2) is 30.3 Å². The van der Waals surface area contributed by atoms with Gasteiger partial charge in [-0.25, -0.2) is 0 Å². The quantitative estimate of drug-likeness (QED) is 0.732. The summed E-state index contributed by atoms with van der Waals surface area (Å²) in [7, 11) is 3.26. The first-order valence-corrected chi connectivity index (χ1v) is 7.38. The molecule has 18 heavy (non-hydrogen) atoms. The molecule has 0 amide bonds. The highest BCUT2D eigenvalue weighted by molar-refractivity contribution is 9.09. The Hall–Kier alpha value is -0.710. The zero-order chi connectivity index (χ0) is 13.1. The van der Waals surface area contributed by atoms with Crippen LogP contribution < -0.4 is 9.47 Å². The Balaban J connectivity index is 2.33. The minimum Gasteiger partial charge on any atom is -0.493 e. The maximum atomic E-state index is 5.95. The van der Waals surface area contributed by atoms with Gasteiger partial charge in [-0.2, -0.15) is 0 Å². The van der Waals surface area contributed by atoms with Crippen molar-refractivity contribution in [3.8, 4) is 11.5 Å². The fraction of sp³-hybridized carbons (Fsp3) is 0.231. The molecular formula is C13H12BrClO2S. The van der Waals surface area contributed by atoms with Crippen LogP contribution in [0.4, 0.5) is 0 Å². The van der Waals surface area contributed by atoms with Gasteiger partial charge in [0.05, 0.1) is 23.4 Å². The second kappa shape index (κ2) is 5.95. The molecule has 0 fully saturated rings. The van der Waals surface area contributed by atoms with Crippen molar-refractivity contribution < 1.29 is 9.47 Å². The van der Waals surface area contributed by atoms with Crippen molar-refractivity contribution in [3.05, 3.63) is 45.1 Å². The highest BCUT2D eigenvalue weighted by Crippen LogP contribution is 2.39. The Morgan fingerprint density at radius 3 is 2.39 bits per heavy atom. The molecule has 1 heterocycles. The van der Waals surface area contributed by atoms with E-state index in [0.717, 1.165) is 26.3 Å². The monoisotopic (exact) mass is 346 g/mol. The van der Waals surface area contributed by atoms with Gasteiger partial charge in [0, 0.05) is 4.88 Å². The van der Waals surface area contributed by atoms with Gasteiger partial charge in [0.2, 0.25) is 0 Å². The second-order valence-electron chi connectivity index (χ2n) is 3.62. The molecule has 96 valence electrons. The third-order valence-corrected chi connectivity index (χ3v) is 5.17. The highest BCUT2D eigenvalue weighted by atomic mass is 79.9. The van der Waals surface area contributed by atoms with Crippen molar-refractivity contribution in [2.24, 2.45) is 0 Å². The molecule has 0 bridgehead atoms. The minimum absolute atomic E-state index is 0.106. The standard InChI is InChI=1S/C13H12BrClO2S/c1-16-9-4-3-8(7-10(9)17-2)13(14)11-5-6-12(15)18-11/h3-7,13H,1-2H3. The van der Waals surface area contributed by atoms with Crippen molar-refractivity contribution in [3.63, 3.8) is 0 Å². The molecule has 0 saturated carbocycles. The first-order valence-electron chi connectivity index (χ1n) is 5.27. The third-order valence-electron chi connectivity index (χ3n) is 2.54. The summed E-state index contributed by atoms with van der Waals surface area (Å²) in [6.07, 6.45) is 0. The van der Waals surface area contributed by atoms with Gasteiger partial charge >= 0.3 is 0 Å². The van der Waals surface area contributed by atoms with Gasteiger partial charge in [-0.1, -0.05) is 33.6 Å². The average molecular weight is 348 g/mol. The molecule has 1 unspecified atom stereocenters. The minimum atomic E-state index is 0.106. The SMILES string of the molecule is COc1ccc(C(Br)c2ccc(Cl)s2)cc1OC. The molecule has 0 radical (unpaired) electrons. The molecule has 1 atom stereocenters. The molecule has 1 aromatic heterocycles. The van der Waals surface area contributed by atoms with E-state index >= 15 is 0 Å². The number of ether oxygens (including phenoxy) is 2. The first-order chi connectivity index (χ1) is 8.65. The molecule has 0 aliphatic rings. The van der Waals surface area contributed by atoms with Crippen LogP contribution >= 0.6 is 38.9 Å². The number of hydrogen-bond acceptors (Lipinski definition) is 3. The van der Waals surface area contributed by atoms with E-state index in [4.69, 9.17) is 21.1 Å². The van der Waals surface area contributed by atoms with E-state index in [1.54, 1.807) is 25.6 Å². The number of methoxy groups -OCH3 is 2. The van der Waals surface area contributed by atoms with Gasteiger partial charge < -0.3 is 9.47 Å². The molecule has 0 saturated heterocycles. The molecule has 0 aliphatic carbocycles. The van der Waals surface area contributed by atoms with Crippen molar-refractivity contribution in [1.29, 1.82) is 0 Å². The summed E-state index contributed by atoms with van der Waals surface area (Å²) in [6, 6.07) is 9.79. The van der Waals surface area contributed by atoms with Gasteiger partial charge in [0.1, 0.15) is 0 Å². The summed E-state index contributed by atoms with van der Waals surface area (Å²) in [6.45, 7) is 0.